The first-order chi connectivity index (χ1) is 7.93. The lowest BCUT2D eigenvalue weighted by atomic mass is 9.88. The minimum atomic E-state index is -1.67. The molecule has 17 heavy (non-hydrogen) atoms. The number of carboxylic acid groups (broad SMARTS) is 1. The zero-order valence-electron chi connectivity index (χ0n) is 9.21. The van der Waals surface area contributed by atoms with Crippen LogP contribution >= 0.6 is 0 Å². The Morgan fingerprint density at radius 3 is 2.76 bits per heavy atom. The van der Waals surface area contributed by atoms with E-state index in [4.69, 9.17) is 20.3 Å². The van der Waals surface area contributed by atoms with Crippen molar-refractivity contribution in [2.24, 2.45) is 5.73 Å². The first-order valence-electron chi connectivity index (χ1n) is 5.04. The van der Waals surface area contributed by atoms with Crippen LogP contribution in [0.25, 0.3) is 0 Å². The molecule has 0 spiro atoms. The molecule has 6 heteroatoms. The average molecular weight is 239 g/mol. The van der Waals surface area contributed by atoms with E-state index >= 15 is 0 Å². The number of fused-ring (bicyclic) bond motifs is 1. The number of aliphatic hydroxyl groups is 1. The van der Waals surface area contributed by atoms with Gasteiger partial charge in [-0.2, -0.15) is 0 Å². The van der Waals surface area contributed by atoms with Gasteiger partial charge in [-0.05, 0) is 24.6 Å². The van der Waals surface area contributed by atoms with E-state index in [9.17, 15) is 9.90 Å². The zero-order valence-corrected chi connectivity index (χ0v) is 9.21. The molecular weight excluding hydrogens is 226 g/mol. The van der Waals surface area contributed by atoms with Gasteiger partial charge in [0.05, 0.1) is 0 Å². The third-order valence-electron chi connectivity index (χ3n) is 2.83. The summed E-state index contributed by atoms with van der Waals surface area (Å²) in [6.45, 7) is 1.47. The predicted octanol–water partition coefficient (Wildman–Crippen LogP) is 0.0347. The maximum absolute atomic E-state index is 10.8. The summed E-state index contributed by atoms with van der Waals surface area (Å²) in [7, 11) is 0. The average Bonchev–Trinajstić information content (AvgIpc) is 2.74. The molecule has 6 nitrogen and oxygen atoms in total. The monoisotopic (exact) mass is 239 g/mol. The van der Waals surface area contributed by atoms with Crippen LogP contribution in [-0.2, 0) is 10.4 Å². The lowest BCUT2D eigenvalue weighted by Gasteiger charge is -2.27. The van der Waals surface area contributed by atoms with Crippen molar-refractivity contribution in [2.75, 3.05) is 6.79 Å². The van der Waals surface area contributed by atoms with Crippen LogP contribution in [0.2, 0.25) is 0 Å². The fraction of sp³-hybridized carbons (Fsp3) is 0.364. The predicted molar refractivity (Wildman–Crippen MR) is 57.7 cm³/mol. The van der Waals surface area contributed by atoms with Crippen LogP contribution in [0.1, 0.15) is 12.5 Å². The normalized spacial score (nSPS) is 18.5. The largest absolute Gasteiger partial charge is 0.480 e. The van der Waals surface area contributed by atoms with Crippen LogP contribution in [0.4, 0.5) is 0 Å². The van der Waals surface area contributed by atoms with Crippen molar-refractivity contribution in [1.29, 1.82) is 0 Å². The Bertz CT molecular complexity index is 457. The maximum Gasteiger partial charge on any atom is 0.323 e. The van der Waals surface area contributed by atoms with Crippen molar-refractivity contribution < 1.29 is 24.5 Å². The van der Waals surface area contributed by atoms with Gasteiger partial charge in [0.2, 0.25) is 6.79 Å². The Kier molecular flexibility index (Phi) is 2.68. The van der Waals surface area contributed by atoms with Crippen LogP contribution in [0.15, 0.2) is 18.2 Å². The van der Waals surface area contributed by atoms with Crippen LogP contribution < -0.4 is 15.2 Å². The molecule has 1 heterocycles. The van der Waals surface area contributed by atoms with Gasteiger partial charge in [0, 0.05) is 0 Å². The Morgan fingerprint density at radius 1 is 1.47 bits per heavy atom. The van der Waals surface area contributed by atoms with Gasteiger partial charge in [-0.1, -0.05) is 6.07 Å². The summed E-state index contributed by atoms with van der Waals surface area (Å²) in [6.07, 6.45) is 0. The third kappa shape index (κ3) is 1.92. The van der Waals surface area contributed by atoms with E-state index in [0.29, 0.717) is 17.1 Å². The molecule has 0 saturated carbocycles. The fourth-order valence-electron chi connectivity index (χ4n) is 1.63. The number of aliphatic carboxylic acids is 1. The first kappa shape index (κ1) is 11.7. The lowest BCUT2D eigenvalue weighted by Crippen LogP contribution is -2.48. The lowest BCUT2D eigenvalue weighted by molar-refractivity contribution is -0.145. The second-order valence-electron chi connectivity index (χ2n) is 4.03. The molecule has 1 aliphatic heterocycles. The van der Waals surface area contributed by atoms with Crippen molar-refractivity contribution in [3.63, 3.8) is 0 Å². The van der Waals surface area contributed by atoms with Crippen LogP contribution in [0.5, 0.6) is 11.5 Å². The molecule has 0 unspecified atom stereocenters. The summed E-state index contributed by atoms with van der Waals surface area (Å²) >= 11 is 0. The molecule has 0 aliphatic carbocycles. The van der Waals surface area contributed by atoms with E-state index in [1.165, 1.54) is 13.0 Å². The van der Waals surface area contributed by atoms with Crippen molar-refractivity contribution in [2.45, 2.75) is 18.6 Å². The summed E-state index contributed by atoms with van der Waals surface area (Å²) in [5, 5.41) is 19.0. The number of rotatable bonds is 3. The Balaban J connectivity index is 2.36. The van der Waals surface area contributed by atoms with Crippen molar-refractivity contribution in [3.8, 4) is 11.5 Å². The summed E-state index contributed by atoms with van der Waals surface area (Å²) in [4.78, 5) is 10.8. The molecule has 1 aromatic rings. The van der Waals surface area contributed by atoms with Gasteiger partial charge in [-0.3, -0.25) is 4.79 Å². The summed E-state index contributed by atoms with van der Waals surface area (Å²) in [5.74, 6) is -0.235. The molecule has 2 atom stereocenters. The molecular formula is C11H13NO5. The topological polar surface area (TPSA) is 102 Å². The summed E-state index contributed by atoms with van der Waals surface area (Å²) in [5.41, 5.74) is 4.15. The van der Waals surface area contributed by atoms with E-state index < -0.39 is 17.6 Å². The highest BCUT2D eigenvalue weighted by Crippen LogP contribution is 2.36. The first-order valence-corrected chi connectivity index (χ1v) is 5.04. The molecule has 0 saturated heterocycles. The number of carbonyl (C=O) groups is 1. The third-order valence-corrected chi connectivity index (χ3v) is 2.83. The smallest absolute Gasteiger partial charge is 0.323 e. The number of carboxylic acids is 1. The van der Waals surface area contributed by atoms with Crippen molar-refractivity contribution >= 4 is 5.97 Å². The SMILES string of the molecule is C[C@@](O)(c1ccc2c(c1)OCO2)[C@@H](N)C(=O)O. The standard InChI is InChI=1S/C11H13NO5/c1-11(15,9(12)10(13)14)6-2-3-7-8(4-6)17-5-16-7/h2-4,9,15H,5,12H2,1H3,(H,13,14)/t9-,11+/m0/s1. The Morgan fingerprint density at radius 2 is 2.12 bits per heavy atom. The van der Waals surface area contributed by atoms with E-state index in [2.05, 4.69) is 0 Å². The molecule has 0 radical (unpaired) electrons. The highest BCUT2D eigenvalue weighted by Gasteiger charge is 2.37. The molecule has 0 fully saturated rings. The molecule has 4 N–H and O–H groups in total. The van der Waals surface area contributed by atoms with Crippen LogP contribution in [-0.4, -0.2) is 29.0 Å². The zero-order chi connectivity index (χ0) is 12.6. The van der Waals surface area contributed by atoms with Gasteiger partial charge in [0.25, 0.3) is 0 Å². The Hall–Kier alpha value is -1.79. The molecule has 2 rings (SSSR count). The van der Waals surface area contributed by atoms with Crippen LogP contribution in [0, 0.1) is 0 Å². The van der Waals surface area contributed by atoms with E-state index in [0.717, 1.165) is 0 Å². The van der Waals surface area contributed by atoms with Gasteiger partial charge in [0.1, 0.15) is 11.6 Å². The van der Waals surface area contributed by atoms with E-state index in [-0.39, 0.29) is 6.79 Å². The molecule has 1 aromatic carbocycles. The Labute approximate surface area is 97.6 Å². The van der Waals surface area contributed by atoms with Crippen molar-refractivity contribution in [3.05, 3.63) is 23.8 Å². The quantitative estimate of drug-likeness (QED) is 0.688. The minimum Gasteiger partial charge on any atom is -0.480 e. The number of benzene rings is 1. The van der Waals surface area contributed by atoms with Gasteiger partial charge in [-0.25, -0.2) is 0 Å². The molecule has 1 aliphatic rings. The molecule has 0 amide bonds. The fourth-order valence-corrected chi connectivity index (χ4v) is 1.63. The minimum absolute atomic E-state index is 0.117. The van der Waals surface area contributed by atoms with Gasteiger partial charge < -0.3 is 25.4 Å². The van der Waals surface area contributed by atoms with Crippen molar-refractivity contribution in [1.82, 2.24) is 0 Å². The van der Waals surface area contributed by atoms with Crippen LogP contribution in [0.3, 0.4) is 0 Å². The highest BCUT2D eigenvalue weighted by atomic mass is 16.7. The molecule has 92 valence electrons. The second-order valence-corrected chi connectivity index (χ2v) is 4.03. The number of ether oxygens (including phenoxy) is 2. The second kappa shape index (κ2) is 3.90. The van der Waals surface area contributed by atoms with E-state index in [1.54, 1.807) is 12.1 Å². The van der Waals surface area contributed by atoms with Gasteiger partial charge >= 0.3 is 5.97 Å². The number of hydrogen-bond acceptors (Lipinski definition) is 5. The summed E-state index contributed by atoms with van der Waals surface area (Å²) < 4.78 is 10.3. The van der Waals surface area contributed by atoms with Gasteiger partial charge in [-0.15, -0.1) is 0 Å². The number of nitrogens with two attached hydrogens (primary N) is 1. The summed E-state index contributed by atoms with van der Waals surface area (Å²) in [6, 6.07) is 3.30. The molecule has 0 aromatic heterocycles. The number of hydrogen-bond donors (Lipinski definition) is 3. The van der Waals surface area contributed by atoms with E-state index in [1.807, 2.05) is 0 Å². The maximum atomic E-state index is 10.8. The van der Waals surface area contributed by atoms with Gasteiger partial charge in [0.15, 0.2) is 11.5 Å². The highest BCUT2D eigenvalue weighted by molar-refractivity contribution is 5.75. The molecule has 0 bridgehead atoms.